The molecule has 3 fully saturated rings. The molecule has 0 radical (unpaired) electrons. The number of β-amino-alcohol motifs (C(OH)–C–C–N with tert-alkyl or cyclic N) is 1. The Balaban J connectivity index is 1.16. The van der Waals surface area contributed by atoms with E-state index in [0.29, 0.717) is 13.0 Å². The molecule has 0 aromatic heterocycles. The quantitative estimate of drug-likeness (QED) is 0.596. The van der Waals surface area contributed by atoms with Crippen LogP contribution in [-0.4, -0.2) is 109 Å². The standard InChI is InChI=1S/C24H38N4O3/c1-25-13-15-26(16-14-25)19-24(30)9-12-27(20-24)18-21-5-7-22(8-6-21)31-17-3-11-28-10-2-4-23(28)29/h5-8,30H,2-4,9-20H2,1H3. The molecule has 0 spiro atoms. The van der Waals surface area contributed by atoms with Crippen molar-refractivity contribution in [3.05, 3.63) is 29.8 Å². The number of carbonyl (C=O) groups is 1. The average Bonchev–Trinajstić information content (AvgIpc) is 3.33. The Kier molecular flexibility index (Phi) is 7.48. The van der Waals surface area contributed by atoms with E-state index in [9.17, 15) is 9.90 Å². The number of benzene rings is 1. The zero-order chi connectivity index (χ0) is 21.7. The van der Waals surface area contributed by atoms with E-state index in [4.69, 9.17) is 4.74 Å². The Labute approximate surface area is 186 Å². The number of likely N-dealkylation sites (N-methyl/N-ethyl adjacent to an activating group) is 1. The number of amides is 1. The lowest BCUT2D eigenvalue weighted by atomic mass is 10.0. The van der Waals surface area contributed by atoms with Gasteiger partial charge in [-0.25, -0.2) is 0 Å². The van der Waals surface area contributed by atoms with E-state index in [1.54, 1.807) is 0 Å². The second kappa shape index (κ2) is 10.3. The monoisotopic (exact) mass is 430 g/mol. The van der Waals surface area contributed by atoms with Gasteiger partial charge in [-0.1, -0.05) is 12.1 Å². The maximum Gasteiger partial charge on any atom is 0.222 e. The minimum Gasteiger partial charge on any atom is -0.494 e. The Bertz CT molecular complexity index is 720. The van der Waals surface area contributed by atoms with Crippen LogP contribution in [0.2, 0.25) is 0 Å². The molecule has 1 aromatic carbocycles. The molecule has 0 bridgehead atoms. The van der Waals surface area contributed by atoms with Gasteiger partial charge in [0.2, 0.25) is 5.91 Å². The Morgan fingerprint density at radius 3 is 2.52 bits per heavy atom. The fourth-order valence-corrected chi connectivity index (χ4v) is 4.96. The van der Waals surface area contributed by atoms with Crippen LogP contribution in [-0.2, 0) is 11.3 Å². The van der Waals surface area contributed by atoms with Gasteiger partial charge >= 0.3 is 0 Å². The molecule has 1 aromatic rings. The van der Waals surface area contributed by atoms with Gasteiger partial charge in [0, 0.05) is 71.9 Å². The van der Waals surface area contributed by atoms with E-state index in [1.165, 1.54) is 5.56 Å². The van der Waals surface area contributed by atoms with Gasteiger partial charge in [0.15, 0.2) is 0 Å². The first kappa shape index (κ1) is 22.5. The highest BCUT2D eigenvalue weighted by atomic mass is 16.5. The van der Waals surface area contributed by atoms with Crippen molar-refractivity contribution in [3.63, 3.8) is 0 Å². The first-order valence-electron chi connectivity index (χ1n) is 11.8. The summed E-state index contributed by atoms with van der Waals surface area (Å²) < 4.78 is 5.85. The van der Waals surface area contributed by atoms with Gasteiger partial charge in [0.05, 0.1) is 12.2 Å². The van der Waals surface area contributed by atoms with Crippen molar-refractivity contribution < 1.29 is 14.6 Å². The number of rotatable bonds is 9. The predicted molar refractivity (Wildman–Crippen MR) is 121 cm³/mol. The fraction of sp³-hybridized carbons (Fsp3) is 0.708. The van der Waals surface area contributed by atoms with E-state index < -0.39 is 5.60 Å². The van der Waals surface area contributed by atoms with Crippen molar-refractivity contribution in [3.8, 4) is 5.75 Å². The summed E-state index contributed by atoms with van der Waals surface area (Å²) in [4.78, 5) is 20.7. The zero-order valence-electron chi connectivity index (χ0n) is 19.0. The van der Waals surface area contributed by atoms with E-state index >= 15 is 0 Å². The summed E-state index contributed by atoms with van der Waals surface area (Å²) in [6, 6.07) is 8.31. The minimum absolute atomic E-state index is 0.279. The first-order chi connectivity index (χ1) is 15.0. The molecular formula is C24H38N4O3. The van der Waals surface area contributed by atoms with Crippen LogP contribution in [0.15, 0.2) is 24.3 Å². The van der Waals surface area contributed by atoms with Crippen molar-refractivity contribution in [2.45, 2.75) is 37.8 Å². The molecule has 7 nitrogen and oxygen atoms in total. The lowest BCUT2D eigenvalue weighted by Gasteiger charge is -2.36. The van der Waals surface area contributed by atoms with E-state index in [-0.39, 0.29) is 5.91 Å². The van der Waals surface area contributed by atoms with Gasteiger partial charge in [-0.15, -0.1) is 0 Å². The van der Waals surface area contributed by atoms with Gasteiger partial charge in [0.1, 0.15) is 5.75 Å². The van der Waals surface area contributed by atoms with Crippen LogP contribution in [0.5, 0.6) is 5.75 Å². The summed E-state index contributed by atoms with van der Waals surface area (Å²) in [6.07, 6.45) is 3.41. The van der Waals surface area contributed by atoms with E-state index in [1.807, 2.05) is 17.0 Å². The molecular weight excluding hydrogens is 392 g/mol. The highest BCUT2D eigenvalue weighted by molar-refractivity contribution is 5.77. The van der Waals surface area contributed by atoms with Crippen LogP contribution < -0.4 is 4.74 Å². The molecule has 3 aliphatic heterocycles. The van der Waals surface area contributed by atoms with Crippen molar-refractivity contribution in [2.24, 2.45) is 0 Å². The number of nitrogens with zero attached hydrogens (tertiary/aromatic N) is 4. The van der Waals surface area contributed by atoms with Crippen LogP contribution in [0.25, 0.3) is 0 Å². The van der Waals surface area contributed by atoms with Crippen molar-refractivity contribution >= 4 is 5.91 Å². The topological polar surface area (TPSA) is 59.5 Å². The summed E-state index contributed by atoms with van der Waals surface area (Å²) in [7, 11) is 2.16. The van der Waals surface area contributed by atoms with Crippen LogP contribution in [0.4, 0.5) is 0 Å². The molecule has 0 aliphatic carbocycles. The summed E-state index contributed by atoms with van der Waals surface area (Å²) in [5.74, 6) is 1.16. The molecule has 0 saturated carbocycles. The first-order valence-corrected chi connectivity index (χ1v) is 11.8. The highest BCUT2D eigenvalue weighted by Gasteiger charge is 2.37. The molecule has 31 heavy (non-hydrogen) atoms. The molecule has 7 heteroatoms. The summed E-state index contributed by atoms with van der Waals surface area (Å²) >= 11 is 0. The van der Waals surface area contributed by atoms with Crippen LogP contribution in [0.1, 0.15) is 31.2 Å². The highest BCUT2D eigenvalue weighted by Crippen LogP contribution is 2.25. The number of aliphatic hydroxyl groups is 1. The van der Waals surface area contributed by atoms with Crippen molar-refractivity contribution in [1.82, 2.24) is 19.6 Å². The second-order valence-corrected chi connectivity index (χ2v) is 9.59. The molecule has 3 saturated heterocycles. The van der Waals surface area contributed by atoms with Crippen LogP contribution in [0.3, 0.4) is 0 Å². The Morgan fingerprint density at radius 1 is 1.03 bits per heavy atom. The molecule has 172 valence electrons. The second-order valence-electron chi connectivity index (χ2n) is 9.59. The number of ether oxygens (including phenoxy) is 1. The smallest absolute Gasteiger partial charge is 0.222 e. The summed E-state index contributed by atoms with van der Waals surface area (Å²) in [5.41, 5.74) is 0.661. The number of piperazine rings is 1. The third kappa shape index (κ3) is 6.42. The molecule has 1 unspecified atom stereocenters. The van der Waals surface area contributed by atoms with Crippen molar-refractivity contribution in [1.29, 1.82) is 0 Å². The van der Waals surface area contributed by atoms with Gasteiger partial charge < -0.3 is 19.6 Å². The predicted octanol–water partition coefficient (Wildman–Crippen LogP) is 1.26. The SMILES string of the molecule is CN1CCN(CC2(O)CCN(Cc3ccc(OCCCN4CCCC4=O)cc3)C2)CC1. The Morgan fingerprint density at radius 2 is 1.81 bits per heavy atom. The molecule has 1 N–H and O–H groups in total. The van der Waals surface area contributed by atoms with Crippen molar-refractivity contribution in [2.75, 3.05) is 72.6 Å². The lowest BCUT2D eigenvalue weighted by Crippen LogP contribution is -2.51. The minimum atomic E-state index is -0.588. The van der Waals surface area contributed by atoms with Gasteiger partial charge in [-0.3, -0.25) is 14.6 Å². The third-order valence-electron chi connectivity index (χ3n) is 6.87. The summed E-state index contributed by atoms with van der Waals surface area (Å²) in [6.45, 7) is 9.94. The number of hydrogen-bond donors (Lipinski definition) is 1. The molecule has 3 aliphatic rings. The number of hydrogen-bond acceptors (Lipinski definition) is 6. The zero-order valence-corrected chi connectivity index (χ0v) is 19.0. The molecule has 1 amide bonds. The largest absolute Gasteiger partial charge is 0.494 e. The third-order valence-corrected chi connectivity index (χ3v) is 6.87. The van der Waals surface area contributed by atoms with Gasteiger partial charge in [0.25, 0.3) is 0 Å². The average molecular weight is 431 g/mol. The lowest BCUT2D eigenvalue weighted by molar-refractivity contribution is -0.127. The van der Waals surface area contributed by atoms with E-state index in [0.717, 1.165) is 90.5 Å². The van der Waals surface area contributed by atoms with Gasteiger partial charge in [-0.2, -0.15) is 0 Å². The molecule has 3 heterocycles. The molecule has 4 rings (SSSR count). The summed E-state index contributed by atoms with van der Waals surface area (Å²) in [5, 5.41) is 11.1. The Hall–Kier alpha value is -1.67. The maximum absolute atomic E-state index is 11.6. The fourth-order valence-electron chi connectivity index (χ4n) is 4.96. The molecule has 1 atom stereocenters. The van der Waals surface area contributed by atoms with Crippen LogP contribution >= 0.6 is 0 Å². The van der Waals surface area contributed by atoms with Gasteiger partial charge in [-0.05, 0) is 44.0 Å². The van der Waals surface area contributed by atoms with Crippen LogP contribution in [0, 0.1) is 0 Å². The maximum atomic E-state index is 11.6. The normalized spacial score (nSPS) is 26.1. The number of likely N-dealkylation sites (tertiary alicyclic amines) is 2. The number of carbonyl (C=O) groups excluding carboxylic acids is 1. The van der Waals surface area contributed by atoms with E-state index in [2.05, 4.69) is 33.9 Å².